The second-order valence-electron chi connectivity index (χ2n) is 3.98. The van der Waals surface area contributed by atoms with Crippen LogP contribution < -0.4 is 5.32 Å². The van der Waals surface area contributed by atoms with E-state index in [-0.39, 0.29) is 11.9 Å². The number of amides is 1. The van der Waals surface area contributed by atoms with Gasteiger partial charge in [0.15, 0.2) is 0 Å². The second kappa shape index (κ2) is 5.82. The van der Waals surface area contributed by atoms with E-state index in [0.717, 1.165) is 11.3 Å². The first-order chi connectivity index (χ1) is 8.75. The van der Waals surface area contributed by atoms with Crippen LogP contribution in [0.15, 0.2) is 48.9 Å². The van der Waals surface area contributed by atoms with Gasteiger partial charge in [0.2, 0.25) is 5.91 Å². The van der Waals surface area contributed by atoms with E-state index in [9.17, 15) is 4.79 Å². The molecule has 1 unspecified atom stereocenters. The number of benzene rings is 1. The molecule has 4 nitrogen and oxygen atoms in total. The summed E-state index contributed by atoms with van der Waals surface area (Å²) < 4.78 is 0. The van der Waals surface area contributed by atoms with Crippen molar-refractivity contribution in [2.75, 3.05) is 0 Å². The number of carbonyl (C=O) groups excluding carboxylic acids is 1. The number of aromatic nitrogens is 2. The third kappa shape index (κ3) is 3.31. The number of hydrogen-bond acceptors (Lipinski definition) is 2. The van der Waals surface area contributed by atoms with Crippen LogP contribution in [0, 0.1) is 0 Å². The Morgan fingerprint density at radius 3 is 2.83 bits per heavy atom. The van der Waals surface area contributed by atoms with Crippen LogP contribution in [-0.4, -0.2) is 15.9 Å². The number of aromatic amines is 1. The van der Waals surface area contributed by atoms with Gasteiger partial charge in [0.05, 0.1) is 24.3 Å². The average Bonchev–Trinajstić information content (AvgIpc) is 2.91. The molecule has 0 aliphatic carbocycles. The summed E-state index contributed by atoms with van der Waals surface area (Å²) >= 11 is 0. The summed E-state index contributed by atoms with van der Waals surface area (Å²) in [7, 11) is 0. The molecule has 0 saturated heterocycles. The third-order valence-corrected chi connectivity index (χ3v) is 2.57. The van der Waals surface area contributed by atoms with Gasteiger partial charge in [0.1, 0.15) is 0 Å². The number of H-pyrrole nitrogens is 1. The Morgan fingerprint density at radius 2 is 2.17 bits per heavy atom. The fraction of sp³-hybridized carbons (Fsp3) is 0.143. The smallest absolute Gasteiger partial charge is 0.244 e. The molecule has 18 heavy (non-hydrogen) atoms. The Bertz CT molecular complexity index is 517. The molecule has 0 fully saturated rings. The minimum absolute atomic E-state index is 0.0829. The molecular weight excluding hydrogens is 226 g/mol. The highest BCUT2D eigenvalue weighted by Crippen LogP contribution is 2.07. The van der Waals surface area contributed by atoms with Gasteiger partial charge in [-0.05, 0) is 18.6 Å². The SMILES string of the molecule is CC(NC(=O)/C=C/c1ccccc1)c1cnc[nH]1. The molecule has 1 amide bonds. The summed E-state index contributed by atoms with van der Waals surface area (Å²) in [5.41, 5.74) is 1.89. The zero-order valence-corrected chi connectivity index (χ0v) is 10.1. The molecule has 2 N–H and O–H groups in total. The summed E-state index contributed by atoms with van der Waals surface area (Å²) in [6.07, 6.45) is 6.61. The van der Waals surface area contributed by atoms with E-state index in [1.54, 1.807) is 18.6 Å². The lowest BCUT2D eigenvalue weighted by Crippen LogP contribution is -2.24. The van der Waals surface area contributed by atoms with Crippen molar-refractivity contribution in [3.63, 3.8) is 0 Å². The third-order valence-electron chi connectivity index (χ3n) is 2.57. The van der Waals surface area contributed by atoms with E-state index >= 15 is 0 Å². The number of nitrogens with one attached hydrogen (secondary N) is 2. The van der Waals surface area contributed by atoms with Gasteiger partial charge in [0.25, 0.3) is 0 Å². The van der Waals surface area contributed by atoms with Gasteiger partial charge in [-0.3, -0.25) is 4.79 Å². The Morgan fingerprint density at radius 1 is 1.39 bits per heavy atom. The van der Waals surface area contributed by atoms with Crippen LogP contribution in [0.4, 0.5) is 0 Å². The fourth-order valence-electron chi connectivity index (χ4n) is 1.58. The number of nitrogens with zero attached hydrogens (tertiary/aromatic N) is 1. The summed E-state index contributed by atoms with van der Waals surface area (Å²) in [6.45, 7) is 1.90. The summed E-state index contributed by atoms with van der Waals surface area (Å²) in [4.78, 5) is 18.6. The van der Waals surface area contributed by atoms with Crippen LogP contribution in [0.25, 0.3) is 6.08 Å². The molecule has 0 bridgehead atoms. The lowest BCUT2D eigenvalue weighted by Gasteiger charge is -2.09. The molecule has 0 aliphatic heterocycles. The maximum absolute atomic E-state index is 11.7. The molecular formula is C14H15N3O. The molecule has 0 aliphatic rings. The first-order valence-electron chi connectivity index (χ1n) is 5.77. The van der Waals surface area contributed by atoms with Crippen LogP contribution in [0.3, 0.4) is 0 Å². The summed E-state index contributed by atoms with van der Waals surface area (Å²) in [5, 5.41) is 2.86. The van der Waals surface area contributed by atoms with Gasteiger partial charge in [-0.1, -0.05) is 30.3 Å². The number of imidazole rings is 1. The van der Waals surface area contributed by atoms with Gasteiger partial charge in [-0.25, -0.2) is 4.98 Å². The Hall–Kier alpha value is -2.36. The highest BCUT2D eigenvalue weighted by molar-refractivity contribution is 5.91. The van der Waals surface area contributed by atoms with E-state index in [1.807, 2.05) is 37.3 Å². The topological polar surface area (TPSA) is 57.8 Å². The monoisotopic (exact) mass is 241 g/mol. The molecule has 92 valence electrons. The van der Waals surface area contributed by atoms with Crippen molar-refractivity contribution < 1.29 is 4.79 Å². The van der Waals surface area contributed by atoms with Crippen molar-refractivity contribution in [3.8, 4) is 0 Å². The van der Waals surface area contributed by atoms with E-state index in [4.69, 9.17) is 0 Å². The van der Waals surface area contributed by atoms with Crippen molar-refractivity contribution in [2.24, 2.45) is 0 Å². The number of carbonyl (C=O) groups is 1. The first-order valence-corrected chi connectivity index (χ1v) is 5.77. The van der Waals surface area contributed by atoms with Crippen LogP contribution in [0.2, 0.25) is 0 Å². The van der Waals surface area contributed by atoms with Crippen LogP contribution >= 0.6 is 0 Å². The largest absolute Gasteiger partial charge is 0.347 e. The molecule has 1 heterocycles. The molecule has 0 spiro atoms. The lowest BCUT2D eigenvalue weighted by molar-refractivity contribution is -0.117. The van der Waals surface area contributed by atoms with Gasteiger partial charge in [0, 0.05) is 6.08 Å². The van der Waals surface area contributed by atoms with Gasteiger partial charge in [-0.2, -0.15) is 0 Å². The van der Waals surface area contributed by atoms with Crippen molar-refractivity contribution in [3.05, 3.63) is 60.2 Å². The van der Waals surface area contributed by atoms with E-state index in [0.29, 0.717) is 0 Å². The van der Waals surface area contributed by atoms with Gasteiger partial charge >= 0.3 is 0 Å². The van der Waals surface area contributed by atoms with E-state index < -0.39 is 0 Å². The highest BCUT2D eigenvalue weighted by Gasteiger charge is 2.07. The molecule has 1 atom stereocenters. The van der Waals surface area contributed by atoms with Crippen molar-refractivity contribution in [1.29, 1.82) is 0 Å². The minimum atomic E-state index is -0.124. The number of hydrogen-bond donors (Lipinski definition) is 2. The standard InChI is InChI=1S/C14H15N3O/c1-11(13-9-15-10-16-13)17-14(18)8-7-12-5-3-2-4-6-12/h2-11H,1H3,(H,15,16)(H,17,18)/b8-7+. The predicted octanol–water partition coefficient (Wildman–Crippen LogP) is 2.30. The maximum atomic E-state index is 11.7. The second-order valence-corrected chi connectivity index (χ2v) is 3.98. The van der Waals surface area contributed by atoms with Crippen LogP contribution in [0.1, 0.15) is 24.2 Å². The minimum Gasteiger partial charge on any atom is -0.347 e. The van der Waals surface area contributed by atoms with Gasteiger partial charge in [-0.15, -0.1) is 0 Å². The van der Waals surface area contributed by atoms with Crippen molar-refractivity contribution in [2.45, 2.75) is 13.0 Å². The molecule has 2 rings (SSSR count). The quantitative estimate of drug-likeness (QED) is 0.807. The van der Waals surface area contributed by atoms with E-state index in [1.165, 1.54) is 6.08 Å². The average molecular weight is 241 g/mol. The van der Waals surface area contributed by atoms with Crippen LogP contribution in [0.5, 0.6) is 0 Å². The number of rotatable bonds is 4. The molecule has 1 aromatic heterocycles. The summed E-state index contributed by atoms with van der Waals surface area (Å²) in [6, 6.07) is 9.62. The Labute approximate surface area is 106 Å². The molecule has 0 saturated carbocycles. The molecule has 4 heteroatoms. The molecule has 0 radical (unpaired) electrons. The fourth-order valence-corrected chi connectivity index (χ4v) is 1.58. The Balaban J connectivity index is 1.91. The highest BCUT2D eigenvalue weighted by atomic mass is 16.1. The zero-order valence-electron chi connectivity index (χ0n) is 10.1. The zero-order chi connectivity index (χ0) is 12.8. The van der Waals surface area contributed by atoms with Crippen LogP contribution in [-0.2, 0) is 4.79 Å². The summed E-state index contributed by atoms with van der Waals surface area (Å²) in [5.74, 6) is -0.124. The molecule has 2 aromatic rings. The van der Waals surface area contributed by atoms with Crippen molar-refractivity contribution >= 4 is 12.0 Å². The predicted molar refractivity (Wildman–Crippen MR) is 70.6 cm³/mol. The van der Waals surface area contributed by atoms with Crippen molar-refractivity contribution in [1.82, 2.24) is 15.3 Å². The maximum Gasteiger partial charge on any atom is 0.244 e. The normalized spacial score (nSPS) is 12.5. The molecule has 1 aromatic carbocycles. The van der Waals surface area contributed by atoms with Gasteiger partial charge < -0.3 is 10.3 Å². The Kier molecular flexibility index (Phi) is 3.91. The lowest BCUT2D eigenvalue weighted by atomic mass is 10.2. The first kappa shape index (κ1) is 12.1. The van der Waals surface area contributed by atoms with E-state index in [2.05, 4.69) is 15.3 Å².